The van der Waals surface area contributed by atoms with Crippen molar-refractivity contribution in [1.29, 1.82) is 0 Å². The lowest BCUT2D eigenvalue weighted by molar-refractivity contribution is 0.683. The molecule has 1 aromatic heterocycles. The van der Waals surface area contributed by atoms with Crippen molar-refractivity contribution in [3.8, 4) is 0 Å². The fourth-order valence-corrected chi connectivity index (χ4v) is 2.19. The molecule has 0 fully saturated rings. The average molecular weight is 242 g/mol. The van der Waals surface area contributed by atoms with Gasteiger partial charge in [-0.25, -0.2) is 4.98 Å². The normalized spacial score (nSPS) is 14.2. The first kappa shape index (κ1) is 12.9. The van der Waals surface area contributed by atoms with Gasteiger partial charge >= 0.3 is 0 Å². The third-order valence-electron chi connectivity index (χ3n) is 1.96. The predicted molar refractivity (Wildman–Crippen MR) is 68.3 cm³/mol. The molecule has 2 N–H and O–H groups in total. The van der Waals surface area contributed by atoms with E-state index in [4.69, 9.17) is 0 Å². The van der Waals surface area contributed by atoms with Gasteiger partial charge in [0.15, 0.2) is 0 Å². The Morgan fingerprint density at radius 1 is 1.50 bits per heavy atom. The molecular formula is C10H18N4OS. The van der Waals surface area contributed by atoms with Crippen LogP contribution in [0.15, 0.2) is 6.07 Å². The van der Waals surface area contributed by atoms with Crippen LogP contribution in [0.2, 0.25) is 0 Å². The summed E-state index contributed by atoms with van der Waals surface area (Å²) in [6, 6.07) is 2.00. The van der Waals surface area contributed by atoms with Crippen LogP contribution in [0.25, 0.3) is 0 Å². The van der Waals surface area contributed by atoms with Crippen LogP contribution >= 0.6 is 0 Å². The average Bonchev–Trinajstić information content (AvgIpc) is 2.14. The van der Waals surface area contributed by atoms with Crippen LogP contribution in [0, 0.1) is 6.92 Å². The highest BCUT2D eigenvalue weighted by atomic mass is 32.2. The van der Waals surface area contributed by atoms with Gasteiger partial charge in [-0.3, -0.25) is 4.21 Å². The number of aryl methyl sites for hydroxylation is 1. The first-order valence-electron chi connectivity index (χ1n) is 5.11. The largest absolute Gasteiger partial charge is 0.367 e. The molecule has 1 rings (SSSR count). The second kappa shape index (κ2) is 5.79. The van der Waals surface area contributed by atoms with Gasteiger partial charge in [0.05, 0.1) is 0 Å². The Morgan fingerprint density at radius 3 is 2.75 bits per heavy atom. The number of hydrogen-bond donors (Lipinski definition) is 2. The minimum absolute atomic E-state index is 0.129. The van der Waals surface area contributed by atoms with Crippen molar-refractivity contribution >= 4 is 22.6 Å². The van der Waals surface area contributed by atoms with Crippen molar-refractivity contribution in [2.45, 2.75) is 19.9 Å². The second-order valence-electron chi connectivity index (χ2n) is 3.75. The highest BCUT2D eigenvalue weighted by Gasteiger charge is 2.06. The molecule has 16 heavy (non-hydrogen) atoms. The topological polar surface area (TPSA) is 66.9 Å². The van der Waals surface area contributed by atoms with E-state index < -0.39 is 10.8 Å². The van der Waals surface area contributed by atoms with E-state index in [1.807, 2.05) is 19.9 Å². The zero-order valence-corrected chi connectivity index (χ0v) is 10.9. The molecule has 2 atom stereocenters. The molecule has 0 bridgehead atoms. The number of rotatable bonds is 5. The molecule has 0 aromatic carbocycles. The third kappa shape index (κ3) is 4.14. The molecule has 6 heteroatoms. The van der Waals surface area contributed by atoms with Crippen LogP contribution in [-0.4, -0.2) is 39.3 Å². The summed E-state index contributed by atoms with van der Waals surface area (Å²) in [4.78, 5) is 8.47. The highest BCUT2D eigenvalue weighted by Crippen LogP contribution is 2.10. The molecular weight excluding hydrogens is 224 g/mol. The fraction of sp³-hybridized carbons (Fsp3) is 0.600. The summed E-state index contributed by atoms with van der Waals surface area (Å²) < 4.78 is 11.1. The molecule has 2 unspecified atom stereocenters. The number of aromatic nitrogens is 2. The molecule has 0 radical (unpaired) electrons. The molecule has 0 spiro atoms. The van der Waals surface area contributed by atoms with Crippen molar-refractivity contribution in [1.82, 2.24) is 9.97 Å². The van der Waals surface area contributed by atoms with Crippen molar-refractivity contribution in [2.75, 3.05) is 29.7 Å². The van der Waals surface area contributed by atoms with Gasteiger partial charge in [0, 0.05) is 47.7 Å². The Balaban J connectivity index is 2.72. The lowest BCUT2D eigenvalue weighted by Crippen LogP contribution is -2.23. The Bertz CT molecular complexity index is 383. The maximum atomic E-state index is 11.1. The van der Waals surface area contributed by atoms with Gasteiger partial charge in [-0.1, -0.05) is 0 Å². The number of nitrogens with zero attached hydrogens (tertiary/aromatic N) is 2. The molecule has 0 saturated carbocycles. The summed E-state index contributed by atoms with van der Waals surface area (Å²) in [6.45, 7) is 3.90. The minimum atomic E-state index is -0.803. The standard InChI is InChI=1S/C10H18N4OS/c1-7-5-9(14-10(11-3)13-7)12-8(2)6-16(4)15/h5,8H,6H2,1-4H3,(H2,11,12,13,14). The Kier molecular flexibility index (Phi) is 4.67. The van der Waals surface area contributed by atoms with Crippen molar-refractivity contribution in [2.24, 2.45) is 0 Å². The van der Waals surface area contributed by atoms with Gasteiger partial charge < -0.3 is 10.6 Å². The molecule has 0 aliphatic heterocycles. The summed E-state index contributed by atoms with van der Waals surface area (Å²) in [6.07, 6.45) is 1.70. The van der Waals surface area contributed by atoms with E-state index >= 15 is 0 Å². The molecule has 90 valence electrons. The van der Waals surface area contributed by atoms with E-state index in [2.05, 4.69) is 20.6 Å². The Hall–Kier alpha value is -1.17. The Morgan fingerprint density at radius 2 is 2.19 bits per heavy atom. The SMILES string of the molecule is CNc1nc(C)cc(NC(C)CS(C)=O)n1. The maximum absolute atomic E-state index is 11.1. The first-order valence-corrected chi connectivity index (χ1v) is 6.84. The van der Waals surface area contributed by atoms with E-state index in [0.29, 0.717) is 11.7 Å². The molecule has 0 amide bonds. The summed E-state index contributed by atoms with van der Waals surface area (Å²) >= 11 is 0. The molecule has 0 aliphatic carbocycles. The smallest absolute Gasteiger partial charge is 0.224 e. The highest BCUT2D eigenvalue weighted by molar-refractivity contribution is 7.84. The second-order valence-corrected chi connectivity index (χ2v) is 5.23. The van der Waals surface area contributed by atoms with E-state index in [0.717, 1.165) is 11.5 Å². The zero-order chi connectivity index (χ0) is 12.1. The zero-order valence-electron chi connectivity index (χ0n) is 10.1. The van der Waals surface area contributed by atoms with Gasteiger partial charge in [-0.15, -0.1) is 0 Å². The maximum Gasteiger partial charge on any atom is 0.224 e. The number of nitrogens with one attached hydrogen (secondary N) is 2. The lowest BCUT2D eigenvalue weighted by Gasteiger charge is -2.14. The van der Waals surface area contributed by atoms with Crippen LogP contribution < -0.4 is 10.6 Å². The number of anilines is 2. The van der Waals surface area contributed by atoms with E-state index in [-0.39, 0.29) is 6.04 Å². The van der Waals surface area contributed by atoms with Crippen molar-refractivity contribution < 1.29 is 4.21 Å². The molecule has 0 saturated heterocycles. The van der Waals surface area contributed by atoms with E-state index in [1.54, 1.807) is 13.3 Å². The van der Waals surface area contributed by atoms with Gasteiger partial charge in [-0.05, 0) is 13.8 Å². The van der Waals surface area contributed by atoms with Crippen LogP contribution in [0.5, 0.6) is 0 Å². The van der Waals surface area contributed by atoms with Gasteiger partial charge in [-0.2, -0.15) is 4.98 Å². The van der Waals surface area contributed by atoms with Gasteiger partial charge in [0.2, 0.25) is 5.95 Å². The molecule has 1 aromatic rings. The van der Waals surface area contributed by atoms with Crippen LogP contribution in [0.3, 0.4) is 0 Å². The van der Waals surface area contributed by atoms with Crippen molar-refractivity contribution in [3.63, 3.8) is 0 Å². The monoisotopic (exact) mass is 242 g/mol. The molecule has 1 heterocycles. The van der Waals surface area contributed by atoms with Gasteiger partial charge in [0.25, 0.3) is 0 Å². The van der Waals surface area contributed by atoms with Crippen LogP contribution in [-0.2, 0) is 10.8 Å². The van der Waals surface area contributed by atoms with E-state index in [9.17, 15) is 4.21 Å². The first-order chi connectivity index (χ1) is 7.51. The predicted octanol–water partition coefficient (Wildman–Crippen LogP) is 1.01. The molecule has 0 aliphatic rings. The van der Waals surface area contributed by atoms with Gasteiger partial charge in [0.1, 0.15) is 5.82 Å². The van der Waals surface area contributed by atoms with Crippen molar-refractivity contribution in [3.05, 3.63) is 11.8 Å². The number of hydrogen-bond acceptors (Lipinski definition) is 5. The summed E-state index contributed by atoms with van der Waals surface area (Å²) in [5, 5.41) is 6.10. The van der Waals surface area contributed by atoms with Crippen LogP contribution in [0.1, 0.15) is 12.6 Å². The Labute approximate surface area is 98.5 Å². The minimum Gasteiger partial charge on any atom is -0.367 e. The lowest BCUT2D eigenvalue weighted by atomic mass is 10.3. The summed E-state index contributed by atoms with van der Waals surface area (Å²) in [5.41, 5.74) is 0.895. The van der Waals surface area contributed by atoms with E-state index in [1.165, 1.54) is 0 Å². The summed E-state index contributed by atoms with van der Waals surface area (Å²) in [5.74, 6) is 1.96. The fourth-order valence-electron chi connectivity index (χ4n) is 1.40. The quantitative estimate of drug-likeness (QED) is 0.806. The third-order valence-corrected chi connectivity index (χ3v) is 2.93. The molecule has 5 nitrogen and oxygen atoms in total. The summed E-state index contributed by atoms with van der Waals surface area (Å²) in [7, 11) is 0.978. The van der Waals surface area contributed by atoms with Crippen LogP contribution in [0.4, 0.5) is 11.8 Å².